The Kier molecular flexibility index (Phi) is 6.07. The highest BCUT2D eigenvalue weighted by Crippen LogP contribution is 2.27. The second kappa shape index (κ2) is 9.08. The molecule has 6 heteroatoms. The molecular formula is C25H25N3O3. The third-order valence-electron chi connectivity index (χ3n) is 5.86. The molecule has 6 nitrogen and oxygen atoms in total. The predicted octanol–water partition coefficient (Wildman–Crippen LogP) is 3.99. The zero-order valence-corrected chi connectivity index (χ0v) is 17.5. The van der Waals surface area contributed by atoms with E-state index >= 15 is 0 Å². The number of rotatable bonds is 6. The summed E-state index contributed by atoms with van der Waals surface area (Å²) in [5.74, 6) is 0.936. The summed E-state index contributed by atoms with van der Waals surface area (Å²) in [5.41, 5.74) is 3.00. The number of aryl methyl sites for hydroxylation is 1. The summed E-state index contributed by atoms with van der Waals surface area (Å²) in [7, 11) is 0. The monoisotopic (exact) mass is 415 g/mol. The minimum absolute atomic E-state index is 0.0322. The Morgan fingerprint density at radius 1 is 1.03 bits per heavy atom. The van der Waals surface area contributed by atoms with Crippen LogP contribution in [0.2, 0.25) is 0 Å². The van der Waals surface area contributed by atoms with Gasteiger partial charge in [0, 0.05) is 36.3 Å². The second-order valence-corrected chi connectivity index (χ2v) is 7.95. The lowest BCUT2D eigenvalue weighted by molar-refractivity contribution is 0.103. The fourth-order valence-electron chi connectivity index (χ4n) is 4.06. The van der Waals surface area contributed by atoms with Crippen molar-refractivity contribution in [3.63, 3.8) is 0 Å². The van der Waals surface area contributed by atoms with E-state index in [4.69, 9.17) is 0 Å². The Morgan fingerprint density at radius 2 is 1.68 bits per heavy atom. The summed E-state index contributed by atoms with van der Waals surface area (Å²) in [6, 6.07) is 17.1. The van der Waals surface area contributed by atoms with E-state index in [1.54, 1.807) is 6.92 Å². The molecule has 3 aromatic rings. The van der Waals surface area contributed by atoms with Gasteiger partial charge >= 0.3 is 0 Å². The van der Waals surface area contributed by atoms with Crippen LogP contribution in [0.1, 0.15) is 50.8 Å². The highest BCUT2D eigenvalue weighted by atomic mass is 16.3. The second-order valence-electron chi connectivity index (χ2n) is 7.95. The van der Waals surface area contributed by atoms with Gasteiger partial charge in [-0.1, -0.05) is 30.3 Å². The van der Waals surface area contributed by atoms with Crippen LogP contribution < -0.4 is 4.90 Å². The van der Waals surface area contributed by atoms with E-state index in [0.29, 0.717) is 41.3 Å². The van der Waals surface area contributed by atoms with Gasteiger partial charge in [0.15, 0.2) is 17.8 Å². The molecule has 0 amide bonds. The standard InChI is InChI=1S/C25H25N3O3/c1-17-24(30)22(16-29)27-23(26-17)15-18-11-13-28(14-12-18)21-9-7-20(8-10-21)25(31)19-5-3-2-4-6-19/h2-10,16,18,30H,11-15H2,1H3. The van der Waals surface area contributed by atoms with Crippen LogP contribution in [0.25, 0.3) is 0 Å². The van der Waals surface area contributed by atoms with Crippen LogP contribution in [0.15, 0.2) is 54.6 Å². The molecule has 0 radical (unpaired) electrons. The molecule has 1 aliphatic heterocycles. The molecule has 1 aliphatic rings. The number of hydrogen-bond acceptors (Lipinski definition) is 6. The summed E-state index contributed by atoms with van der Waals surface area (Å²) >= 11 is 0. The molecule has 1 N–H and O–H groups in total. The van der Waals surface area contributed by atoms with Gasteiger partial charge in [0.2, 0.25) is 0 Å². The van der Waals surface area contributed by atoms with Crippen molar-refractivity contribution in [1.29, 1.82) is 0 Å². The van der Waals surface area contributed by atoms with Gasteiger partial charge in [0.25, 0.3) is 0 Å². The molecule has 1 fully saturated rings. The van der Waals surface area contributed by atoms with Gasteiger partial charge in [-0.05, 0) is 49.9 Å². The molecule has 2 heterocycles. The number of aromatic hydroxyl groups is 1. The van der Waals surface area contributed by atoms with Crippen LogP contribution in [0.3, 0.4) is 0 Å². The largest absolute Gasteiger partial charge is 0.504 e. The zero-order valence-electron chi connectivity index (χ0n) is 17.5. The first kappa shape index (κ1) is 20.7. The molecule has 4 rings (SSSR count). The summed E-state index contributed by atoms with van der Waals surface area (Å²) in [6.07, 6.45) is 3.25. The maximum atomic E-state index is 12.6. The SMILES string of the molecule is Cc1nc(CC2CCN(c3ccc(C(=O)c4ccccc4)cc3)CC2)nc(C=O)c1O. The number of ketones is 1. The predicted molar refractivity (Wildman–Crippen MR) is 119 cm³/mol. The van der Waals surface area contributed by atoms with Crippen molar-refractivity contribution in [2.75, 3.05) is 18.0 Å². The van der Waals surface area contributed by atoms with Gasteiger partial charge in [0.1, 0.15) is 11.5 Å². The van der Waals surface area contributed by atoms with E-state index in [9.17, 15) is 14.7 Å². The van der Waals surface area contributed by atoms with Crippen molar-refractivity contribution >= 4 is 17.8 Å². The van der Waals surface area contributed by atoms with Crippen molar-refractivity contribution in [1.82, 2.24) is 9.97 Å². The van der Waals surface area contributed by atoms with Crippen LogP contribution in [0, 0.1) is 12.8 Å². The van der Waals surface area contributed by atoms with E-state index in [-0.39, 0.29) is 17.2 Å². The molecule has 31 heavy (non-hydrogen) atoms. The number of benzene rings is 2. The van der Waals surface area contributed by atoms with Crippen LogP contribution in [0.5, 0.6) is 5.75 Å². The lowest BCUT2D eigenvalue weighted by Crippen LogP contribution is -2.34. The maximum absolute atomic E-state index is 12.6. The molecule has 1 saturated heterocycles. The quantitative estimate of drug-likeness (QED) is 0.484. The van der Waals surface area contributed by atoms with E-state index in [1.165, 1.54) is 0 Å². The highest BCUT2D eigenvalue weighted by molar-refractivity contribution is 6.09. The average molecular weight is 415 g/mol. The number of aromatic nitrogens is 2. The Hall–Kier alpha value is -3.54. The first-order valence-electron chi connectivity index (χ1n) is 10.5. The summed E-state index contributed by atoms with van der Waals surface area (Å²) < 4.78 is 0. The molecule has 0 unspecified atom stereocenters. The molecule has 0 aliphatic carbocycles. The molecule has 0 bridgehead atoms. The molecule has 2 aromatic carbocycles. The zero-order chi connectivity index (χ0) is 21.8. The fraction of sp³-hybridized carbons (Fsp3) is 0.280. The molecule has 158 valence electrons. The number of hydrogen-bond donors (Lipinski definition) is 1. The molecular weight excluding hydrogens is 390 g/mol. The smallest absolute Gasteiger partial charge is 0.193 e. The number of piperidine rings is 1. The minimum atomic E-state index is -0.136. The third kappa shape index (κ3) is 4.63. The van der Waals surface area contributed by atoms with Crippen molar-refractivity contribution in [3.05, 3.63) is 82.9 Å². The third-order valence-corrected chi connectivity index (χ3v) is 5.86. The first-order valence-corrected chi connectivity index (χ1v) is 10.5. The summed E-state index contributed by atoms with van der Waals surface area (Å²) in [4.78, 5) is 34.5. The van der Waals surface area contributed by atoms with Crippen LogP contribution >= 0.6 is 0 Å². The van der Waals surface area contributed by atoms with Gasteiger partial charge in [0.05, 0.1) is 5.69 Å². The lowest BCUT2D eigenvalue weighted by atomic mass is 9.92. The van der Waals surface area contributed by atoms with Crippen molar-refractivity contribution in [2.45, 2.75) is 26.2 Å². The van der Waals surface area contributed by atoms with Gasteiger partial charge in [-0.25, -0.2) is 9.97 Å². The Labute approximate surface area is 181 Å². The van der Waals surface area contributed by atoms with Crippen molar-refractivity contribution in [3.8, 4) is 5.75 Å². The van der Waals surface area contributed by atoms with Gasteiger partial charge in [-0.15, -0.1) is 0 Å². The van der Waals surface area contributed by atoms with E-state index in [0.717, 1.165) is 31.6 Å². The number of carbonyl (C=O) groups is 2. The molecule has 0 atom stereocenters. The Balaban J connectivity index is 1.36. The summed E-state index contributed by atoms with van der Waals surface area (Å²) in [6.45, 7) is 3.50. The van der Waals surface area contributed by atoms with Crippen LogP contribution in [0.4, 0.5) is 5.69 Å². The Bertz CT molecular complexity index is 1070. The minimum Gasteiger partial charge on any atom is -0.504 e. The van der Waals surface area contributed by atoms with Crippen LogP contribution in [-0.2, 0) is 6.42 Å². The van der Waals surface area contributed by atoms with Crippen molar-refractivity contribution in [2.24, 2.45) is 5.92 Å². The normalized spacial score (nSPS) is 14.4. The van der Waals surface area contributed by atoms with Gasteiger partial charge in [-0.3, -0.25) is 9.59 Å². The van der Waals surface area contributed by atoms with E-state index < -0.39 is 0 Å². The fourth-order valence-corrected chi connectivity index (χ4v) is 4.06. The van der Waals surface area contributed by atoms with Gasteiger partial charge < -0.3 is 10.0 Å². The highest BCUT2D eigenvalue weighted by Gasteiger charge is 2.22. The van der Waals surface area contributed by atoms with Crippen LogP contribution in [-0.4, -0.2) is 40.2 Å². The number of carbonyl (C=O) groups excluding carboxylic acids is 2. The van der Waals surface area contributed by atoms with Gasteiger partial charge in [-0.2, -0.15) is 0 Å². The number of nitrogens with zero attached hydrogens (tertiary/aromatic N) is 3. The number of anilines is 1. The average Bonchev–Trinajstić information content (AvgIpc) is 2.82. The van der Waals surface area contributed by atoms with E-state index in [2.05, 4.69) is 14.9 Å². The first-order chi connectivity index (χ1) is 15.0. The lowest BCUT2D eigenvalue weighted by Gasteiger charge is -2.33. The maximum Gasteiger partial charge on any atom is 0.193 e. The number of aldehydes is 1. The Morgan fingerprint density at radius 3 is 2.32 bits per heavy atom. The molecule has 0 saturated carbocycles. The van der Waals surface area contributed by atoms with Crippen molar-refractivity contribution < 1.29 is 14.7 Å². The molecule has 0 spiro atoms. The summed E-state index contributed by atoms with van der Waals surface area (Å²) in [5, 5.41) is 9.82. The molecule has 1 aromatic heterocycles. The topological polar surface area (TPSA) is 83.4 Å². The van der Waals surface area contributed by atoms with E-state index in [1.807, 2.05) is 54.6 Å².